The van der Waals surface area contributed by atoms with Gasteiger partial charge in [0.15, 0.2) is 5.13 Å². The van der Waals surface area contributed by atoms with Gasteiger partial charge in [0, 0.05) is 12.1 Å². The van der Waals surface area contributed by atoms with E-state index in [2.05, 4.69) is 10.3 Å². The van der Waals surface area contributed by atoms with E-state index in [0.717, 1.165) is 16.0 Å². The van der Waals surface area contributed by atoms with Crippen molar-refractivity contribution >= 4 is 44.3 Å². The Labute approximate surface area is 148 Å². The number of aromatic nitrogens is 1. The van der Waals surface area contributed by atoms with Crippen LogP contribution in [-0.4, -0.2) is 36.1 Å². The summed E-state index contributed by atoms with van der Waals surface area (Å²) in [6.07, 6.45) is 0. The molecule has 0 atom stereocenters. The lowest BCUT2D eigenvalue weighted by molar-refractivity contribution is 0.207. The van der Waals surface area contributed by atoms with Crippen molar-refractivity contribution in [1.29, 1.82) is 0 Å². The molecule has 0 aliphatic rings. The maximum absolute atomic E-state index is 12.2. The van der Waals surface area contributed by atoms with Gasteiger partial charge in [-0.15, -0.1) is 0 Å². The van der Waals surface area contributed by atoms with Gasteiger partial charge in [0.1, 0.15) is 12.4 Å². The number of carbonyl (C=O) groups excluding carboxylic acids is 1. The first kappa shape index (κ1) is 16.5. The summed E-state index contributed by atoms with van der Waals surface area (Å²) in [5.41, 5.74) is 0.881. The molecular formula is C17H16ClN3O2S. The number of anilines is 1. The lowest BCUT2D eigenvalue weighted by atomic mass is 10.3. The van der Waals surface area contributed by atoms with Gasteiger partial charge in [0.25, 0.3) is 0 Å². The Morgan fingerprint density at radius 1 is 1.25 bits per heavy atom. The van der Waals surface area contributed by atoms with Gasteiger partial charge in [-0.2, -0.15) is 0 Å². The summed E-state index contributed by atoms with van der Waals surface area (Å²) in [5.74, 6) is 0.722. The topological polar surface area (TPSA) is 54.5 Å². The van der Waals surface area contributed by atoms with Crippen LogP contribution in [0.25, 0.3) is 10.2 Å². The molecule has 0 saturated heterocycles. The fourth-order valence-electron chi connectivity index (χ4n) is 2.05. The first-order chi connectivity index (χ1) is 11.6. The number of fused-ring (bicyclic) bond motifs is 1. The summed E-state index contributed by atoms with van der Waals surface area (Å²) in [5, 5.41) is 4.06. The van der Waals surface area contributed by atoms with Crippen molar-refractivity contribution < 1.29 is 9.53 Å². The van der Waals surface area contributed by atoms with Gasteiger partial charge in [-0.05, 0) is 36.4 Å². The second-order valence-electron chi connectivity index (χ2n) is 5.14. The average molecular weight is 362 g/mol. The van der Waals surface area contributed by atoms with Gasteiger partial charge in [0.05, 0.1) is 16.8 Å². The number of thiazole rings is 1. The number of nitrogens with one attached hydrogen (secondary N) is 1. The second kappa shape index (κ2) is 7.51. The van der Waals surface area contributed by atoms with E-state index in [1.807, 2.05) is 24.3 Å². The Morgan fingerprint density at radius 2 is 2.00 bits per heavy atom. The molecule has 1 N–H and O–H groups in total. The molecule has 0 unspecified atom stereocenters. The van der Waals surface area contributed by atoms with Crippen LogP contribution in [0.5, 0.6) is 5.75 Å². The number of hydrogen-bond acceptors (Lipinski definition) is 4. The van der Waals surface area contributed by atoms with Gasteiger partial charge in [-0.1, -0.05) is 35.1 Å². The molecule has 0 radical (unpaired) electrons. The van der Waals surface area contributed by atoms with E-state index in [-0.39, 0.29) is 6.03 Å². The molecule has 124 valence electrons. The molecule has 7 heteroatoms. The molecule has 1 aromatic heterocycles. The summed E-state index contributed by atoms with van der Waals surface area (Å²) >= 11 is 7.27. The highest BCUT2D eigenvalue weighted by Crippen LogP contribution is 2.25. The normalized spacial score (nSPS) is 10.6. The van der Waals surface area contributed by atoms with Crippen LogP contribution in [-0.2, 0) is 0 Å². The summed E-state index contributed by atoms with van der Waals surface area (Å²) in [7, 11) is 1.72. The van der Waals surface area contributed by atoms with Crippen molar-refractivity contribution in [2.75, 3.05) is 25.5 Å². The van der Waals surface area contributed by atoms with Gasteiger partial charge >= 0.3 is 6.03 Å². The molecule has 3 rings (SSSR count). The number of amides is 2. The first-order valence-electron chi connectivity index (χ1n) is 7.38. The van der Waals surface area contributed by atoms with Crippen molar-refractivity contribution in [2.24, 2.45) is 0 Å². The molecule has 2 amide bonds. The Hall–Kier alpha value is -2.31. The van der Waals surface area contributed by atoms with Crippen LogP contribution >= 0.6 is 22.9 Å². The summed E-state index contributed by atoms with van der Waals surface area (Å²) in [6, 6.07) is 14.7. The predicted octanol–water partition coefficient (Wildman–Crippen LogP) is 4.49. The fraction of sp³-hybridized carbons (Fsp3) is 0.176. The number of halogens is 1. The number of urea groups is 1. The van der Waals surface area contributed by atoms with Crippen molar-refractivity contribution in [3.8, 4) is 5.75 Å². The van der Waals surface area contributed by atoms with Crippen molar-refractivity contribution in [3.63, 3.8) is 0 Å². The number of likely N-dealkylation sites (N-methyl/N-ethyl adjacent to an activating group) is 1. The van der Waals surface area contributed by atoms with E-state index >= 15 is 0 Å². The number of para-hydroxylation sites is 1. The highest BCUT2D eigenvalue weighted by Gasteiger charge is 2.11. The van der Waals surface area contributed by atoms with Crippen molar-refractivity contribution in [1.82, 2.24) is 9.88 Å². The first-order valence-corrected chi connectivity index (χ1v) is 8.57. The third-order valence-electron chi connectivity index (χ3n) is 3.36. The maximum Gasteiger partial charge on any atom is 0.323 e. The van der Waals surface area contributed by atoms with Crippen LogP contribution in [0, 0.1) is 0 Å². The van der Waals surface area contributed by atoms with Crippen LogP contribution in [0.3, 0.4) is 0 Å². The van der Waals surface area contributed by atoms with Crippen LogP contribution in [0.2, 0.25) is 5.02 Å². The number of hydrogen-bond donors (Lipinski definition) is 1. The number of ether oxygens (including phenoxy) is 1. The average Bonchev–Trinajstić information content (AvgIpc) is 2.98. The monoisotopic (exact) mass is 361 g/mol. The molecule has 1 heterocycles. The molecule has 0 bridgehead atoms. The Morgan fingerprint density at radius 3 is 2.75 bits per heavy atom. The van der Waals surface area contributed by atoms with Gasteiger partial charge < -0.3 is 9.64 Å². The quantitative estimate of drug-likeness (QED) is 0.728. The molecule has 0 saturated carbocycles. The fourth-order valence-corrected chi connectivity index (χ4v) is 3.03. The largest absolute Gasteiger partial charge is 0.492 e. The van der Waals surface area contributed by atoms with E-state index in [4.69, 9.17) is 16.3 Å². The SMILES string of the molecule is CN(CCOc1ccc(Cl)cc1)C(=O)Nc1nc2ccccc2s1. The lowest BCUT2D eigenvalue weighted by Crippen LogP contribution is -2.34. The van der Waals surface area contributed by atoms with Crippen LogP contribution in [0.4, 0.5) is 9.93 Å². The minimum atomic E-state index is -0.214. The standard InChI is InChI=1S/C17H16ClN3O2S/c1-21(10-11-23-13-8-6-12(18)7-9-13)17(22)20-16-19-14-4-2-3-5-15(14)24-16/h2-9H,10-11H2,1H3,(H,19,20,22). The van der Waals surface area contributed by atoms with Crippen molar-refractivity contribution in [2.45, 2.75) is 0 Å². The molecule has 0 aliphatic heterocycles. The van der Waals surface area contributed by atoms with Crippen molar-refractivity contribution in [3.05, 3.63) is 53.6 Å². The van der Waals surface area contributed by atoms with E-state index in [0.29, 0.717) is 23.3 Å². The van der Waals surface area contributed by atoms with E-state index in [1.54, 1.807) is 36.2 Å². The Kier molecular flexibility index (Phi) is 5.17. The number of benzene rings is 2. The highest BCUT2D eigenvalue weighted by atomic mass is 35.5. The maximum atomic E-state index is 12.2. The molecule has 0 aliphatic carbocycles. The van der Waals surface area contributed by atoms with Gasteiger partial charge in [-0.3, -0.25) is 5.32 Å². The number of carbonyl (C=O) groups is 1. The summed E-state index contributed by atoms with van der Waals surface area (Å²) < 4.78 is 6.63. The molecular weight excluding hydrogens is 346 g/mol. The van der Waals surface area contributed by atoms with E-state index in [1.165, 1.54) is 11.3 Å². The third kappa shape index (κ3) is 4.15. The highest BCUT2D eigenvalue weighted by molar-refractivity contribution is 7.22. The van der Waals surface area contributed by atoms with Crippen LogP contribution in [0.1, 0.15) is 0 Å². The molecule has 5 nitrogen and oxygen atoms in total. The summed E-state index contributed by atoms with van der Waals surface area (Å²) in [4.78, 5) is 18.1. The van der Waals surface area contributed by atoms with E-state index in [9.17, 15) is 4.79 Å². The second-order valence-corrected chi connectivity index (χ2v) is 6.61. The minimum Gasteiger partial charge on any atom is -0.492 e. The summed E-state index contributed by atoms with van der Waals surface area (Å²) in [6.45, 7) is 0.852. The van der Waals surface area contributed by atoms with Gasteiger partial charge in [0.2, 0.25) is 0 Å². The number of rotatable bonds is 5. The third-order valence-corrected chi connectivity index (χ3v) is 4.57. The molecule has 0 spiro atoms. The van der Waals surface area contributed by atoms with Crippen LogP contribution in [0.15, 0.2) is 48.5 Å². The minimum absolute atomic E-state index is 0.214. The lowest BCUT2D eigenvalue weighted by Gasteiger charge is -2.17. The zero-order valence-electron chi connectivity index (χ0n) is 13.0. The Balaban J connectivity index is 1.50. The number of nitrogens with zero attached hydrogens (tertiary/aromatic N) is 2. The predicted molar refractivity (Wildman–Crippen MR) is 98.2 cm³/mol. The molecule has 0 fully saturated rings. The molecule has 2 aromatic carbocycles. The molecule has 3 aromatic rings. The Bertz CT molecular complexity index is 802. The molecule has 24 heavy (non-hydrogen) atoms. The van der Waals surface area contributed by atoms with E-state index < -0.39 is 0 Å². The smallest absolute Gasteiger partial charge is 0.323 e. The van der Waals surface area contributed by atoms with Crippen LogP contribution < -0.4 is 10.1 Å². The zero-order chi connectivity index (χ0) is 16.9. The zero-order valence-corrected chi connectivity index (χ0v) is 14.6. The van der Waals surface area contributed by atoms with Gasteiger partial charge in [-0.25, -0.2) is 9.78 Å².